The van der Waals surface area contributed by atoms with Gasteiger partial charge in [-0.2, -0.15) is 0 Å². The SMILES string of the molecule is C[C@H]1CCNC[C@H]1NS(=O)(=O)c1ccccc1F. The average Bonchev–Trinajstić information content (AvgIpc) is 2.32. The molecule has 1 aliphatic heterocycles. The van der Waals surface area contributed by atoms with E-state index in [-0.39, 0.29) is 16.9 Å². The van der Waals surface area contributed by atoms with Gasteiger partial charge in [0.05, 0.1) is 0 Å². The first-order valence-electron chi connectivity index (χ1n) is 5.98. The monoisotopic (exact) mass is 272 g/mol. The normalized spacial score (nSPS) is 25.0. The van der Waals surface area contributed by atoms with Crippen molar-refractivity contribution in [1.29, 1.82) is 0 Å². The summed E-state index contributed by atoms with van der Waals surface area (Å²) in [7, 11) is -3.79. The molecule has 0 aromatic heterocycles. The van der Waals surface area contributed by atoms with Gasteiger partial charge < -0.3 is 5.32 Å². The van der Waals surface area contributed by atoms with Gasteiger partial charge in [0.25, 0.3) is 0 Å². The van der Waals surface area contributed by atoms with Crippen molar-refractivity contribution in [2.45, 2.75) is 24.3 Å². The lowest BCUT2D eigenvalue weighted by molar-refractivity contribution is 0.327. The highest BCUT2D eigenvalue weighted by Crippen LogP contribution is 2.17. The Kier molecular flexibility index (Phi) is 3.99. The molecular formula is C12H17FN2O2S. The molecule has 0 aliphatic carbocycles. The van der Waals surface area contributed by atoms with Gasteiger partial charge in [0.2, 0.25) is 10.0 Å². The number of piperidine rings is 1. The average molecular weight is 272 g/mol. The third-order valence-corrected chi connectivity index (χ3v) is 4.78. The van der Waals surface area contributed by atoms with Gasteiger partial charge in [-0.15, -0.1) is 0 Å². The summed E-state index contributed by atoms with van der Waals surface area (Å²) in [6.07, 6.45) is 0.907. The smallest absolute Gasteiger partial charge is 0.243 e. The second kappa shape index (κ2) is 5.34. The second-order valence-electron chi connectivity index (χ2n) is 4.63. The van der Waals surface area contributed by atoms with E-state index in [1.807, 2.05) is 6.92 Å². The molecule has 2 rings (SSSR count). The summed E-state index contributed by atoms with van der Waals surface area (Å²) in [5.74, 6) is -0.478. The largest absolute Gasteiger partial charge is 0.315 e. The van der Waals surface area contributed by atoms with Crippen molar-refractivity contribution in [2.75, 3.05) is 13.1 Å². The van der Waals surface area contributed by atoms with Gasteiger partial charge in [0.1, 0.15) is 10.7 Å². The van der Waals surface area contributed by atoms with Gasteiger partial charge in [0.15, 0.2) is 0 Å². The molecule has 2 N–H and O–H groups in total. The van der Waals surface area contributed by atoms with Crippen molar-refractivity contribution in [3.63, 3.8) is 0 Å². The topological polar surface area (TPSA) is 58.2 Å². The van der Waals surface area contributed by atoms with E-state index in [1.165, 1.54) is 18.2 Å². The predicted molar refractivity (Wildman–Crippen MR) is 67.2 cm³/mol. The van der Waals surface area contributed by atoms with Crippen LogP contribution in [0.5, 0.6) is 0 Å². The van der Waals surface area contributed by atoms with E-state index in [0.717, 1.165) is 19.0 Å². The second-order valence-corrected chi connectivity index (χ2v) is 6.31. The molecule has 0 bridgehead atoms. The zero-order valence-corrected chi connectivity index (χ0v) is 11.0. The minimum atomic E-state index is -3.79. The molecule has 0 unspecified atom stereocenters. The Bertz CT molecular complexity index is 519. The van der Waals surface area contributed by atoms with E-state index in [2.05, 4.69) is 10.0 Å². The van der Waals surface area contributed by atoms with E-state index in [1.54, 1.807) is 0 Å². The van der Waals surface area contributed by atoms with Gasteiger partial charge in [0, 0.05) is 12.6 Å². The van der Waals surface area contributed by atoms with Crippen molar-refractivity contribution < 1.29 is 12.8 Å². The fourth-order valence-corrected chi connectivity index (χ4v) is 3.50. The van der Waals surface area contributed by atoms with Crippen LogP contribution in [0.25, 0.3) is 0 Å². The lowest BCUT2D eigenvalue weighted by Gasteiger charge is -2.29. The Hall–Kier alpha value is -0.980. The van der Waals surface area contributed by atoms with Gasteiger partial charge >= 0.3 is 0 Å². The van der Waals surface area contributed by atoms with E-state index in [9.17, 15) is 12.8 Å². The third kappa shape index (κ3) is 2.88. The molecule has 1 saturated heterocycles. The van der Waals surface area contributed by atoms with Crippen LogP contribution in [0.2, 0.25) is 0 Å². The Morgan fingerprint density at radius 3 is 2.78 bits per heavy atom. The predicted octanol–water partition coefficient (Wildman–Crippen LogP) is 1.10. The molecule has 0 amide bonds. The summed E-state index contributed by atoms with van der Waals surface area (Å²) in [4.78, 5) is -0.289. The number of rotatable bonds is 3. The lowest BCUT2D eigenvalue weighted by atomic mass is 9.96. The Balaban J connectivity index is 2.19. The number of halogens is 1. The first-order chi connectivity index (χ1) is 8.50. The summed E-state index contributed by atoms with van der Waals surface area (Å²) in [5.41, 5.74) is 0. The van der Waals surface area contributed by atoms with Crippen molar-refractivity contribution >= 4 is 10.0 Å². The number of sulfonamides is 1. The molecule has 1 aromatic carbocycles. The first kappa shape index (κ1) is 13.5. The highest BCUT2D eigenvalue weighted by molar-refractivity contribution is 7.89. The summed E-state index contributed by atoms with van der Waals surface area (Å²) in [6.45, 7) is 3.46. The summed E-state index contributed by atoms with van der Waals surface area (Å²) in [6, 6.07) is 5.22. The zero-order valence-electron chi connectivity index (χ0n) is 10.2. The molecule has 1 aromatic rings. The quantitative estimate of drug-likeness (QED) is 0.866. The third-order valence-electron chi connectivity index (χ3n) is 3.26. The van der Waals surface area contributed by atoms with Gasteiger partial charge in [-0.25, -0.2) is 17.5 Å². The van der Waals surface area contributed by atoms with Crippen LogP contribution >= 0.6 is 0 Å². The molecule has 1 heterocycles. The minimum Gasteiger partial charge on any atom is -0.315 e. The standard InChI is InChI=1S/C12H17FN2O2S/c1-9-6-7-14-8-11(9)15-18(16,17)12-5-3-2-4-10(12)13/h2-5,9,11,14-15H,6-8H2,1H3/t9-,11+/m0/s1. The van der Waals surface area contributed by atoms with Crippen LogP contribution in [0, 0.1) is 11.7 Å². The molecule has 4 nitrogen and oxygen atoms in total. The Morgan fingerprint density at radius 1 is 1.39 bits per heavy atom. The number of hydrogen-bond donors (Lipinski definition) is 2. The lowest BCUT2D eigenvalue weighted by Crippen LogP contribution is -2.50. The summed E-state index contributed by atoms with van der Waals surface area (Å²) in [5, 5.41) is 3.13. The zero-order chi connectivity index (χ0) is 13.2. The van der Waals surface area contributed by atoms with Crippen LogP contribution in [0.4, 0.5) is 4.39 Å². The van der Waals surface area contributed by atoms with E-state index in [0.29, 0.717) is 6.54 Å². The molecule has 2 atom stereocenters. The fraction of sp³-hybridized carbons (Fsp3) is 0.500. The molecule has 0 spiro atoms. The number of nitrogens with one attached hydrogen (secondary N) is 2. The Labute approximate surface area is 107 Å². The number of benzene rings is 1. The van der Waals surface area contributed by atoms with E-state index >= 15 is 0 Å². The number of hydrogen-bond acceptors (Lipinski definition) is 3. The van der Waals surface area contributed by atoms with Gasteiger partial charge in [-0.1, -0.05) is 19.1 Å². The maximum atomic E-state index is 13.5. The van der Waals surface area contributed by atoms with Crippen molar-refractivity contribution in [3.05, 3.63) is 30.1 Å². The fourth-order valence-electron chi connectivity index (χ4n) is 2.07. The molecule has 0 saturated carbocycles. The molecular weight excluding hydrogens is 255 g/mol. The van der Waals surface area contributed by atoms with Crippen LogP contribution in [0.3, 0.4) is 0 Å². The molecule has 1 aliphatic rings. The molecule has 0 radical (unpaired) electrons. The molecule has 6 heteroatoms. The van der Waals surface area contributed by atoms with Crippen LogP contribution in [0.1, 0.15) is 13.3 Å². The molecule has 100 valence electrons. The van der Waals surface area contributed by atoms with E-state index in [4.69, 9.17) is 0 Å². The van der Waals surface area contributed by atoms with E-state index < -0.39 is 15.8 Å². The molecule has 18 heavy (non-hydrogen) atoms. The van der Waals surface area contributed by atoms with Gasteiger partial charge in [-0.3, -0.25) is 0 Å². The van der Waals surface area contributed by atoms with Crippen molar-refractivity contribution in [3.8, 4) is 0 Å². The summed E-state index contributed by atoms with van der Waals surface area (Å²) < 4.78 is 40.2. The van der Waals surface area contributed by atoms with Crippen LogP contribution < -0.4 is 10.0 Å². The Morgan fingerprint density at radius 2 is 2.11 bits per heavy atom. The maximum absolute atomic E-state index is 13.5. The van der Waals surface area contributed by atoms with Crippen molar-refractivity contribution in [2.24, 2.45) is 5.92 Å². The van der Waals surface area contributed by atoms with Crippen LogP contribution in [0.15, 0.2) is 29.2 Å². The maximum Gasteiger partial charge on any atom is 0.243 e. The molecule has 1 fully saturated rings. The highest BCUT2D eigenvalue weighted by Gasteiger charge is 2.27. The highest BCUT2D eigenvalue weighted by atomic mass is 32.2. The van der Waals surface area contributed by atoms with Crippen LogP contribution in [-0.4, -0.2) is 27.5 Å². The van der Waals surface area contributed by atoms with Crippen LogP contribution in [-0.2, 0) is 10.0 Å². The van der Waals surface area contributed by atoms with Crippen molar-refractivity contribution in [1.82, 2.24) is 10.0 Å². The first-order valence-corrected chi connectivity index (χ1v) is 7.46. The minimum absolute atomic E-state index is 0.191. The van der Waals surface area contributed by atoms with Gasteiger partial charge in [-0.05, 0) is 31.0 Å². The summed E-state index contributed by atoms with van der Waals surface area (Å²) >= 11 is 0.